The number of furan rings is 1. The molecular formula is C26H31NO6S. The van der Waals surface area contributed by atoms with Crippen LogP contribution in [0.3, 0.4) is 0 Å². The highest BCUT2D eigenvalue weighted by atomic mass is 32.2. The van der Waals surface area contributed by atoms with Crippen molar-refractivity contribution < 1.29 is 27.1 Å². The molecule has 1 heterocycles. The molecule has 3 aromatic rings. The van der Waals surface area contributed by atoms with Crippen LogP contribution in [-0.2, 0) is 27.8 Å². The van der Waals surface area contributed by atoms with Gasteiger partial charge in [0.2, 0.25) is 0 Å². The van der Waals surface area contributed by atoms with Crippen molar-refractivity contribution >= 4 is 15.7 Å². The first kappa shape index (κ1) is 25.4. The Morgan fingerprint density at radius 1 is 0.912 bits per heavy atom. The van der Waals surface area contributed by atoms with Crippen molar-refractivity contribution in [2.45, 2.75) is 38.7 Å². The van der Waals surface area contributed by atoms with Crippen LogP contribution in [0.2, 0.25) is 0 Å². The molecule has 0 fully saturated rings. The number of benzene rings is 2. The van der Waals surface area contributed by atoms with Crippen molar-refractivity contribution in [2.75, 3.05) is 19.8 Å². The predicted octanol–water partition coefficient (Wildman–Crippen LogP) is 4.47. The molecule has 0 spiro atoms. The highest BCUT2D eigenvalue weighted by Crippen LogP contribution is 2.28. The topological polar surface area (TPSA) is 94.8 Å². The predicted molar refractivity (Wildman–Crippen MR) is 131 cm³/mol. The van der Waals surface area contributed by atoms with Crippen LogP contribution in [0.4, 0.5) is 0 Å². The van der Waals surface area contributed by atoms with Crippen LogP contribution in [0.15, 0.2) is 59.0 Å². The fraction of sp³-hybridized carbons (Fsp3) is 0.346. The average Bonchev–Trinajstić information content (AvgIpc) is 3.23. The SMILES string of the molecule is CCOc1ccc(CCNC(=O)c2ccc(CS(=O)(=O)Cc3cccc(C)c3)o2)cc1OCC. The van der Waals surface area contributed by atoms with Gasteiger partial charge in [-0.2, -0.15) is 0 Å². The Morgan fingerprint density at radius 3 is 2.41 bits per heavy atom. The van der Waals surface area contributed by atoms with Crippen LogP contribution in [0, 0.1) is 6.92 Å². The van der Waals surface area contributed by atoms with Gasteiger partial charge < -0.3 is 19.2 Å². The molecule has 8 heteroatoms. The van der Waals surface area contributed by atoms with Crippen LogP contribution in [0.25, 0.3) is 0 Å². The van der Waals surface area contributed by atoms with E-state index in [1.54, 1.807) is 6.07 Å². The Labute approximate surface area is 201 Å². The largest absolute Gasteiger partial charge is 0.490 e. The summed E-state index contributed by atoms with van der Waals surface area (Å²) in [5.41, 5.74) is 2.73. The lowest BCUT2D eigenvalue weighted by Crippen LogP contribution is -2.25. The smallest absolute Gasteiger partial charge is 0.287 e. The Morgan fingerprint density at radius 2 is 1.68 bits per heavy atom. The van der Waals surface area contributed by atoms with Gasteiger partial charge in [-0.25, -0.2) is 8.42 Å². The standard InChI is InChI=1S/C26H31NO6S/c1-4-31-23-11-9-20(16-25(23)32-5-2)13-14-27-26(28)24-12-10-22(33-24)18-34(29,30)17-21-8-6-7-19(3)15-21/h6-12,15-16H,4-5,13-14,17-18H2,1-3H3,(H,27,28). The van der Waals surface area contributed by atoms with Gasteiger partial charge in [0.1, 0.15) is 11.5 Å². The Balaban J connectivity index is 1.54. The molecule has 0 aliphatic heterocycles. The first-order valence-electron chi connectivity index (χ1n) is 11.3. The van der Waals surface area contributed by atoms with E-state index in [2.05, 4.69) is 5.32 Å². The molecule has 34 heavy (non-hydrogen) atoms. The number of nitrogens with one attached hydrogen (secondary N) is 1. The maximum absolute atomic E-state index is 12.5. The van der Waals surface area contributed by atoms with Gasteiger partial charge in [-0.3, -0.25) is 4.79 Å². The third-order valence-electron chi connectivity index (χ3n) is 5.02. The number of ether oxygens (including phenoxy) is 2. The minimum absolute atomic E-state index is 0.0806. The Kier molecular flexibility index (Phi) is 8.76. The van der Waals surface area contributed by atoms with Crippen molar-refractivity contribution in [3.8, 4) is 11.5 Å². The molecule has 182 valence electrons. The fourth-order valence-electron chi connectivity index (χ4n) is 3.56. The number of amides is 1. The molecule has 1 N–H and O–H groups in total. The number of sulfone groups is 1. The van der Waals surface area contributed by atoms with Gasteiger partial charge in [-0.05, 0) is 62.6 Å². The summed E-state index contributed by atoms with van der Waals surface area (Å²) in [6.07, 6.45) is 0.594. The third kappa shape index (κ3) is 7.38. The van der Waals surface area contributed by atoms with Gasteiger partial charge in [0.25, 0.3) is 5.91 Å². The lowest BCUT2D eigenvalue weighted by atomic mass is 10.1. The molecule has 0 unspecified atom stereocenters. The van der Waals surface area contributed by atoms with Crippen LogP contribution in [0.5, 0.6) is 11.5 Å². The number of hydrogen-bond donors (Lipinski definition) is 1. The quantitative estimate of drug-likeness (QED) is 0.407. The van der Waals surface area contributed by atoms with Crippen molar-refractivity contribution in [3.05, 3.63) is 82.8 Å². The molecule has 1 aromatic heterocycles. The van der Waals surface area contributed by atoms with E-state index >= 15 is 0 Å². The van der Waals surface area contributed by atoms with E-state index in [4.69, 9.17) is 13.9 Å². The first-order chi connectivity index (χ1) is 16.3. The van der Waals surface area contributed by atoms with Crippen LogP contribution < -0.4 is 14.8 Å². The van der Waals surface area contributed by atoms with E-state index in [0.29, 0.717) is 37.7 Å². The molecule has 0 saturated carbocycles. The van der Waals surface area contributed by atoms with Crippen molar-refractivity contribution in [2.24, 2.45) is 0 Å². The van der Waals surface area contributed by atoms with Crippen LogP contribution >= 0.6 is 0 Å². The lowest BCUT2D eigenvalue weighted by Gasteiger charge is -2.12. The summed E-state index contributed by atoms with van der Waals surface area (Å²) < 4.78 is 41.8. The number of carbonyl (C=O) groups is 1. The maximum Gasteiger partial charge on any atom is 0.287 e. The third-order valence-corrected chi connectivity index (χ3v) is 6.52. The molecule has 0 aliphatic carbocycles. The Hall–Kier alpha value is -3.26. The lowest BCUT2D eigenvalue weighted by molar-refractivity contribution is 0.0925. The van der Waals surface area contributed by atoms with E-state index in [0.717, 1.165) is 16.7 Å². The van der Waals surface area contributed by atoms with E-state index < -0.39 is 15.7 Å². The van der Waals surface area contributed by atoms with E-state index in [1.807, 2.05) is 57.2 Å². The molecule has 7 nitrogen and oxygen atoms in total. The molecule has 0 saturated heterocycles. The van der Waals surface area contributed by atoms with Crippen LogP contribution in [0.1, 0.15) is 46.9 Å². The zero-order valence-electron chi connectivity index (χ0n) is 19.8. The minimum Gasteiger partial charge on any atom is -0.490 e. The zero-order valence-corrected chi connectivity index (χ0v) is 20.6. The summed E-state index contributed by atoms with van der Waals surface area (Å²) in [4.78, 5) is 12.5. The van der Waals surface area contributed by atoms with Gasteiger partial charge >= 0.3 is 0 Å². The molecule has 0 bridgehead atoms. The molecular weight excluding hydrogens is 454 g/mol. The first-order valence-corrected chi connectivity index (χ1v) is 13.1. The summed E-state index contributed by atoms with van der Waals surface area (Å²) in [7, 11) is -3.43. The monoisotopic (exact) mass is 485 g/mol. The van der Waals surface area contributed by atoms with E-state index in [9.17, 15) is 13.2 Å². The number of aryl methyl sites for hydroxylation is 1. The highest BCUT2D eigenvalue weighted by molar-refractivity contribution is 7.89. The second-order valence-corrected chi connectivity index (χ2v) is 10.0. The molecule has 1 amide bonds. The van der Waals surface area contributed by atoms with Crippen molar-refractivity contribution in [1.29, 1.82) is 0 Å². The summed E-state index contributed by atoms with van der Waals surface area (Å²) in [6.45, 7) is 7.21. The molecule has 0 radical (unpaired) electrons. The van der Waals surface area contributed by atoms with Gasteiger partial charge in [-0.1, -0.05) is 35.9 Å². The van der Waals surface area contributed by atoms with Gasteiger partial charge in [0.05, 0.1) is 19.0 Å². The highest BCUT2D eigenvalue weighted by Gasteiger charge is 2.18. The summed E-state index contributed by atoms with van der Waals surface area (Å²) in [6, 6.07) is 16.1. The summed E-state index contributed by atoms with van der Waals surface area (Å²) in [5.74, 6) is 0.961. The van der Waals surface area contributed by atoms with E-state index in [-0.39, 0.29) is 23.0 Å². The van der Waals surface area contributed by atoms with Gasteiger partial charge in [0, 0.05) is 6.54 Å². The Bertz CT molecular complexity index is 1220. The van der Waals surface area contributed by atoms with Crippen LogP contribution in [-0.4, -0.2) is 34.1 Å². The fourth-order valence-corrected chi connectivity index (χ4v) is 4.94. The van der Waals surface area contributed by atoms with Gasteiger partial charge in [-0.15, -0.1) is 0 Å². The molecule has 0 atom stereocenters. The average molecular weight is 486 g/mol. The zero-order chi connectivity index (χ0) is 24.6. The second-order valence-electron chi connectivity index (χ2n) is 7.94. The maximum atomic E-state index is 12.5. The van der Waals surface area contributed by atoms with E-state index in [1.165, 1.54) is 12.1 Å². The van der Waals surface area contributed by atoms with Crippen molar-refractivity contribution in [3.63, 3.8) is 0 Å². The molecule has 2 aromatic carbocycles. The molecule has 0 aliphatic rings. The second kappa shape index (κ2) is 11.7. The summed E-state index contributed by atoms with van der Waals surface area (Å²) >= 11 is 0. The normalized spacial score (nSPS) is 11.3. The van der Waals surface area contributed by atoms with Gasteiger partial charge in [0.15, 0.2) is 27.1 Å². The minimum atomic E-state index is -3.43. The number of carbonyl (C=O) groups excluding carboxylic acids is 1. The number of hydrogen-bond acceptors (Lipinski definition) is 6. The molecule has 3 rings (SSSR count). The summed E-state index contributed by atoms with van der Waals surface area (Å²) in [5, 5.41) is 2.81. The van der Waals surface area contributed by atoms with Crippen molar-refractivity contribution in [1.82, 2.24) is 5.32 Å². The number of rotatable bonds is 12.